The summed E-state index contributed by atoms with van der Waals surface area (Å²) in [5, 5.41) is 3.57. The molecule has 0 saturated carbocycles. The first-order chi connectivity index (χ1) is 9.19. The molecule has 0 spiro atoms. The molecule has 3 nitrogen and oxygen atoms in total. The van der Waals surface area contributed by atoms with Crippen LogP contribution in [0.15, 0.2) is 0 Å². The Morgan fingerprint density at radius 2 is 1.58 bits per heavy atom. The van der Waals surface area contributed by atoms with Gasteiger partial charge in [0.25, 0.3) is 0 Å². The topological polar surface area (TPSA) is 18.5 Å². The summed E-state index contributed by atoms with van der Waals surface area (Å²) < 4.78 is 0. The molecule has 0 heterocycles. The van der Waals surface area contributed by atoms with E-state index in [1.807, 2.05) is 0 Å². The molecule has 0 aliphatic rings. The lowest BCUT2D eigenvalue weighted by Gasteiger charge is -2.29. The van der Waals surface area contributed by atoms with Crippen LogP contribution in [0.25, 0.3) is 0 Å². The smallest absolute Gasteiger partial charge is 0.0192 e. The summed E-state index contributed by atoms with van der Waals surface area (Å²) in [5.74, 6) is 0. The maximum absolute atomic E-state index is 3.57. The van der Waals surface area contributed by atoms with Gasteiger partial charge in [0.1, 0.15) is 0 Å². The standard InChI is InChI=1S/C16H37N3/c1-6-10-12-17-15-16(5)19(9-4)14-11-13-18(7-2)8-3/h16-17H,6-15H2,1-5H3. The Morgan fingerprint density at radius 1 is 0.895 bits per heavy atom. The second-order valence-electron chi connectivity index (χ2n) is 5.42. The highest BCUT2D eigenvalue weighted by Crippen LogP contribution is 2.01. The van der Waals surface area contributed by atoms with E-state index in [9.17, 15) is 0 Å². The molecule has 0 aliphatic carbocycles. The summed E-state index contributed by atoms with van der Waals surface area (Å²) in [6.07, 6.45) is 3.86. The number of nitrogens with one attached hydrogen (secondary N) is 1. The van der Waals surface area contributed by atoms with Gasteiger partial charge in [-0.05, 0) is 59.0 Å². The predicted octanol–water partition coefficient (Wildman–Crippen LogP) is 2.82. The van der Waals surface area contributed by atoms with Crippen LogP contribution >= 0.6 is 0 Å². The molecule has 0 rings (SSSR count). The average molecular weight is 271 g/mol. The molecule has 0 aromatic rings. The fourth-order valence-corrected chi connectivity index (χ4v) is 2.47. The summed E-state index contributed by atoms with van der Waals surface area (Å²) in [4.78, 5) is 5.11. The lowest BCUT2D eigenvalue weighted by Crippen LogP contribution is -2.41. The van der Waals surface area contributed by atoms with E-state index in [2.05, 4.69) is 49.7 Å². The Kier molecular flexibility index (Phi) is 12.8. The fourth-order valence-electron chi connectivity index (χ4n) is 2.47. The predicted molar refractivity (Wildman–Crippen MR) is 86.9 cm³/mol. The van der Waals surface area contributed by atoms with Crippen molar-refractivity contribution in [2.75, 3.05) is 45.8 Å². The molecular formula is C16H37N3. The van der Waals surface area contributed by atoms with Crippen LogP contribution in [0, 0.1) is 0 Å². The minimum absolute atomic E-state index is 0.651. The molecule has 19 heavy (non-hydrogen) atoms. The first-order valence-corrected chi connectivity index (χ1v) is 8.36. The van der Waals surface area contributed by atoms with Crippen LogP contribution < -0.4 is 5.32 Å². The van der Waals surface area contributed by atoms with Crippen LogP contribution in [-0.2, 0) is 0 Å². The fraction of sp³-hybridized carbons (Fsp3) is 1.00. The number of unbranched alkanes of at least 4 members (excludes halogenated alkanes) is 1. The third kappa shape index (κ3) is 9.42. The molecule has 0 aromatic heterocycles. The van der Waals surface area contributed by atoms with Gasteiger partial charge in [-0.2, -0.15) is 0 Å². The quantitative estimate of drug-likeness (QED) is 0.520. The van der Waals surface area contributed by atoms with Gasteiger partial charge in [0.05, 0.1) is 0 Å². The highest BCUT2D eigenvalue weighted by atomic mass is 15.2. The molecule has 1 unspecified atom stereocenters. The Morgan fingerprint density at radius 3 is 2.11 bits per heavy atom. The number of hydrogen-bond acceptors (Lipinski definition) is 3. The van der Waals surface area contributed by atoms with Gasteiger partial charge in [-0.15, -0.1) is 0 Å². The van der Waals surface area contributed by atoms with Crippen molar-refractivity contribution in [2.24, 2.45) is 0 Å². The Labute approximate surface area is 121 Å². The highest BCUT2D eigenvalue weighted by Gasteiger charge is 2.11. The van der Waals surface area contributed by atoms with E-state index in [-0.39, 0.29) is 0 Å². The van der Waals surface area contributed by atoms with E-state index in [1.54, 1.807) is 0 Å². The molecule has 1 atom stereocenters. The number of hydrogen-bond donors (Lipinski definition) is 1. The Hall–Kier alpha value is -0.120. The molecule has 1 N–H and O–H groups in total. The lowest BCUT2D eigenvalue weighted by molar-refractivity contribution is 0.196. The van der Waals surface area contributed by atoms with Crippen LogP contribution in [0.2, 0.25) is 0 Å². The molecule has 116 valence electrons. The van der Waals surface area contributed by atoms with Gasteiger partial charge in [-0.25, -0.2) is 0 Å². The van der Waals surface area contributed by atoms with E-state index in [1.165, 1.54) is 45.4 Å². The maximum Gasteiger partial charge on any atom is 0.0192 e. The van der Waals surface area contributed by atoms with Crippen molar-refractivity contribution in [3.05, 3.63) is 0 Å². The van der Waals surface area contributed by atoms with Crippen molar-refractivity contribution in [2.45, 2.75) is 59.9 Å². The van der Waals surface area contributed by atoms with Crippen molar-refractivity contribution >= 4 is 0 Å². The van der Waals surface area contributed by atoms with Gasteiger partial charge in [0.15, 0.2) is 0 Å². The molecule has 0 bridgehead atoms. The maximum atomic E-state index is 3.57. The van der Waals surface area contributed by atoms with Crippen LogP contribution in [0.5, 0.6) is 0 Å². The van der Waals surface area contributed by atoms with E-state index in [0.717, 1.165) is 19.6 Å². The molecule has 0 fully saturated rings. The monoisotopic (exact) mass is 271 g/mol. The lowest BCUT2D eigenvalue weighted by atomic mass is 10.2. The summed E-state index contributed by atoms with van der Waals surface area (Å²) in [5.41, 5.74) is 0. The second kappa shape index (κ2) is 12.9. The molecule has 0 aliphatic heterocycles. The number of nitrogens with zero attached hydrogens (tertiary/aromatic N) is 2. The molecule has 0 radical (unpaired) electrons. The zero-order chi connectivity index (χ0) is 14.5. The first kappa shape index (κ1) is 18.9. The molecule has 3 heteroatoms. The van der Waals surface area contributed by atoms with Crippen molar-refractivity contribution < 1.29 is 0 Å². The van der Waals surface area contributed by atoms with Gasteiger partial charge >= 0.3 is 0 Å². The third-order valence-electron chi connectivity index (χ3n) is 3.99. The minimum Gasteiger partial charge on any atom is -0.315 e. The van der Waals surface area contributed by atoms with Crippen LogP contribution in [0.4, 0.5) is 0 Å². The van der Waals surface area contributed by atoms with Gasteiger partial charge in [0.2, 0.25) is 0 Å². The van der Waals surface area contributed by atoms with E-state index in [4.69, 9.17) is 0 Å². The summed E-state index contributed by atoms with van der Waals surface area (Å²) in [6.45, 7) is 19.6. The Bertz CT molecular complexity index is 181. The summed E-state index contributed by atoms with van der Waals surface area (Å²) >= 11 is 0. The summed E-state index contributed by atoms with van der Waals surface area (Å²) in [6, 6.07) is 0.651. The Balaban J connectivity index is 3.78. The van der Waals surface area contributed by atoms with Crippen molar-refractivity contribution in [1.29, 1.82) is 0 Å². The first-order valence-electron chi connectivity index (χ1n) is 8.36. The van der Waals surface area contributed by atoms with Gasteiger partial charge in [-0.1, -0.05) is 34.1 Å². The van der Waals surface area contributed by atoms with E-state index >= 15 is 0 Å². The van der Waals surface area contributed by atoms with E-state index < -0.39 is 0 Å². The van der Waals surface area contributed by atoms with Crippen LogP contribution in [0.1, 0.15) is 53.9 Å². The van der Waals surface area contributed by atoms with Crippen LogP contribution in [-0.4, -0.2) is 61.7 Å². The molecular weight excluding hydrogens is 234 g/mol. The summed E-state index contributed by atoms with van der Waals surface area (Å²) in [7, 11) is 0. The normalized spacial score (nSPS) is 13.4. The van der Waals surface area contributed by atoms with Gasteiger partial charge in [-0.3, -0.25) is 4.90 Å². The third-order valence-corrected chi connectivity index (χ3v) is 3.99. The minimum atomic E-state index is 0.651. The molecule has 0 saturated heterocycles. The molecule has 0 amide bonds. The van der Waals surface area contributed by atoms with Crippen molar-refractivity contribution in [3.8, 4) is 0 Å². The van der Waals surface area contributed by atoms with Crippen LogP contribution in [0.3, 0.4) is 0 Å². The SMILES string of the molecule is CCCCNCC(C)N(CC)CCCN(CC)CC. The average Bonchev–Trinajstić information content (AvgIpc) is 2.44. The van der Waals surface area contributed by atoms with Gasteiger partial charge < -0.3 is 10.2 Å². The zero-order valence-electron chi connectivity index (χ0n) is 14.0. The number of rotatable bonds is 13. The van der Waals surface area contributed by atoms with E-state index in [0.29, 0.717) is 6.04 Å². The molecule has 0 aromatic carbocycles. The largest absolute Gasteiger partial charge is 0.315 e. The van der Waals surface area contributed by atoms with Crippen molar-refractivity contribution in [3.63, 3.8) is 0 Å². The zero-order valence-corrected chi connectivity index (χ0v) is 14.0. The number of likely N-dealkylation sites (N-methyl/N-ethyl adjacent to an activating group) is 1. The highest BCUT2D eigenvalue weighted by molar-refractivity contribution is 4.69. The van der Waals surface area contributed by atoms with Crippen molar-refractivity contribution in [1.82, 2.24) is 15.1 Å². The second-order valence-corrected chi connectivity index (χ2v) is 5.42. The van der Waals surface area contributed by atoms with Gasteiger partial charge in [0, 0.05) is 12.6 Å².